The van der Waals surface area contributed by atoms with E-state index in [0.717, 1.165) is 18.8 Å². The molecule has 144 valence electrons. The Balaban J connectivity index is 1.84. The van der Waals surface area contributed by atoms with Gasteiger partial charge >= 0.3 is 0 Å². The third-order valence-corrected chi connectivity index (χ3v) is 4.45. The molecule has 0 aromatic heterocycles. The van der Waals surface area contributed by atoms with Crippen molar-refractivity contribution in [1.29, 1.82) is 0 Å². The van der Waals surface area contributed by atoms with E-state index in [2.05, 4.69) is 27.9 Å². The van der Waals surface area contributed by atoms with Gasteiger partial charge in [-0.05, 0) is 43.3 Å². The number of nitrogens with zero attached hydrogens (tertiary/aromatic N) is 4. The van der Waals surface area contributed by atoms with Gasteiger partial charge in [0.2, 0.25) is 0 Å². The first-order valence-corrected chi connectivity index (χ1v) is 8.94. The van der Waals surface area contributed by atoms with Crippen molar-refractivity contribution in [3.63, 3.8) is 0 Å². The summed E-state index contributed by atoms with van der Waals surface area (Å²) >= 11 is 0. The van der Waals surface area contributed by atoms with Crippen molar-refractivity contribution in [2.75, 3.05) is 24.6 Å². The predicted molar refractivity (Wildman–Crippen MR) is 108 cm³/mol. The van der Waals surface area contributed by atoms with Crippen molar-refractivity contribution in [3.05, 3.63) is 70.8 Å². The van der Waals surface area contributed by atoms with Gasteiger partial charge in [0.05, 0.1) is 21.7 Å². The molecule has 0 unspecified atom stereocenters. The van der Waals surface area contributed by atoms with Crippen LogP contribution < -0.4 is 10.8 Å². The lowest BCUT2D eigenvalue weighted by molar-refractivity contribution is -0.688. The lowest BCUT2D eigenvalue weighted by Crippen LogP contribution is -2.50. The number of fused-ring (bicyclic) bond motifs is 1. The number of nitro benzene ring substituents is 1. The third-order valence-electron chi connectivity index (χ3n) is 4.45. The molecule has 0 spiro atoms. The Morgan fingerprint density at radius 3 is 2.39 bits per heavy atom. The predicted octanol–water partition coefficient (Wildman–Crippen LogP) is 4.16. The average molecular weight is 380 g/mol. The molecule has 0 bridgehead atoms. The number of anilines is 1. The first kappa shape index (κ1) is 19.4. The molecule has 8 nitrogen and oxygen atoms in total. The second-order valence-corrected chi connectivity index (χ2v) is 6.11. The van der Waals surface area contributed by atoms with Gasteiger partial charge < -0.3 is 4.90 Å². The van der Waals surface area contributed by atoms with Gasteiger partial charge in [0, 0.05) is 30.2 Å². The Labute approximate surface area is 162 Å². The molecule has 3 aromatic rings. The number of azo groups is 1. The van der Waals surface area contributed by atoms with Crippen LogP contribution in [0.5, 0.6) is 0 Å². The largest absolute Gasteiger partial charge is 0.369 e. The highest BCUT2D eigenvalue weighted by atomic mass is 16.6. The molecule has 0 fully saturated rings. The molecule has 3 aromatic carbocycles. The van der Waals surface area contributed by atoms with Crippen LogP contribution in [0.3, 0.4) is 0 Å². The first-order chi connectivity index (χ1) is 13.6. The Hall–Kier alpha value is -3.36. The molecule has 0 heterocycles. The fourth-order valence-corrected chi connectivity index (χ4v) is 3.00. The van der Waals surface area contributed by atoms with Gasteiger partial charge in [0.15, 0.2) is 0 Å². The van der Waals surface area contributed by atoms with Crippen LogP contribution in [-0.2, 0) is 4.84 Å². The van der Waals surface area contributed by atoms with Gasteiger partial charge in [0.1, 0.15) is 6.61 Å². The van der Waals surface area contributed by atoms with Crippen molar-refractivity contribution in [3.8, 4) is 0 Å². The monoisotopic (exact) mass is 380 g/mol. The lowest BCUT2D eigenvalue weighted by Gasteiger charge is -2.21. The Bertz CT molecular complexity index is 989. The summed E-state index contributed by atoms with van der Waals surface area (Å²) < 4.78 is 0. The number of quaternary nitrogens is 1. The summed E-state index contributed by atoms with van der Waals surface area (Å²) in [4.78, 5) is 17.9. The number of non-ortho nitro benzene ring substituents is 1. The zero-order valence-electron chi connectivity index (χ0n) is 15.6. The van der Waals surface area contributed by atoms with Gasteiger partial charge in [-0.15, -0.1) is 5.11 Å². The van der Waals surface area contributed by atoms with Gasteiger partial charge in [-0.25, -0.2) is 10.7 Å². The summed E-state index contributed by atoms with van der Waals surface area (Å²) in [6.45, 7) is 4.26. The minimum atomic E-state index is -0.388. The summed E-state index contributed by atoms with van der Waals surface area (Å²) in [6.07, 6.45) is 0. The maximum Gasteiger partial charge on any atom is 0.277 e. The van der Waals surface area contributed by atoms with Crippen LogP contribution in [0, 0.1) is 10.1 Å². The molecule has 0 aliphatic rings. The topological polar surface area (TPSA) is 108 Å². The molecule has 0 saturated heterocycles. The van der Waals surface area contributed by atoms with Crippen molar-refractivity contribution < 1.29 is 15.7 Å². The normalized spacial score (nSPS) is 11.2. The second kappa shape index (κ2) is 9.03. The molecular weight excluding hydrogens is 358 g/mol. The van der Waals surface area contributed by atoms with Crippen molar-refractivity contribution >= 4 is 33.5 Å². The summed E-state index contributed by atoms with van der Waals surface area (Å²) in [5.74, 6) is 3.40. The second-order valence-electron chi connectivity index (χ2n) is 6.11. The molecule has 3 N–H and O–H groups in total. The number of benzene rings is 3. The van der Waals surface area contributed by atoms with Gasteiger partial charge in [-0.2, -0.15) is 5.11 Å². The number of likely N-dealkylation sites (N-methyl/N-ethyl adjacent to an activating group) is 1. The van der Waals surface area contributed by atoms with E-state index in [1.54, 1.807) is 18.2 Å². The minimum Gasteiger partial charge on any atom is -0.369 e. The average Bonchev–Trinajstić information content (AvgIpc) is 2.73. The maximum absolute atomic E-state index is 11.2. The quantitative estimate of drug-likeness (QED) is 0.359. The highest BCUT2D eigenvalue weighted by Crippen LogP contribution is 2.34. The van der Waals surface area contributed by atoms with E-state index >= 15 is 0 Å². The SMILES string of the molecule is CCN(CCO[NH3+])c1ccc(N=Nc2ccc([N+](=O)[O-])c3ccccc23)cc1. The first-order valence-electron chi connectivity index (χ1n) is 8.94. The number of hydrogen-bond acceptors (Lipinski definition) is 6. The van der Waals surface area contributed by atoms with Crippen LogP contribution in [0.25, 0.3) is 10.8 Å². The molecule has 0 atom stereocenters. The smallest absolute Gasteiger partial charge is 0.277 e. The molecule has 0 aliphatic carbocycles. The lowest BCUT2D eigenvalue weighted by atomic mass is 10.1. The van der Waals surface area contributed by atoms with Gasteiger partial charge in [0.25, 0.3) is 5.69 Å². The highest BCUT2D eigenvalue weighted by molar-refractivity contribution is 5.98. The summed E-state index contributed by atoms with van der Waals surface area (Å²) in [5.41, 5.74) is 2.42. The van der Waals surface area contributed by atoms with E-state index in [4.69, 9.17) is 4.84 Å². The molecule has 0 aliphatic heterocycles. The maximum atomic E-state index is 11.2. The van der Waals surface area contributed by atoms with Crippen LogP contribution in [0.4, 0.5) is 22.7 Å². The standard InChI is InChI=1S/C20H22N5O3/c1-2-24(13-14-28-21)16-9-7-15(8-10-16)22-23-19-11-12-20(25(26)27)18-6-4-3-5-17(18)19/h3-12H,2,13-14H2,1,21H3/q+1. The van der Waals surface area contributed by atoms with Crippen LogP contribution in [0.15, 0.2) is 70.9 Å². The van der Waals surface area contributed by atoms with E-state index in [1.165, 1.54) is 6.07 Å². The van der Waals surface area contributed by atoms with Gasteiger partial charge in [-0.3, -0.25) is 10.1 Å². The Kier molecular flexibility index (Phi) is 6.25. The number of rotatable bonds is 8. The summed E-state index contributed by atoms with van der Waals surface area (Å²) in [5, 5.41) is 21.1. The van der Waals surface area contributed by atoms with E-state index in [-0.39, 0.29) is 10.6 Å². The summed E-state index contributed by atoms with van der Waals surface area (Å²) in [6, 6.07) is 18.0. The van der Waals surface area contributed by atoms with E-state index in [9.17, 15) is 10.1 Å². The minimum absolute atomic E-state index is 0.0600. The molecule has 0 amide bonds. The van der Waals surface area contributed by atoms with E-state index in [0.29, 0.717) is 28.8 Å². The molecule has 3 rings (SSSR count). The zero-order valence-corrected chi connectivity index (χ0v) is 15.6. The van der Waals surface area contributed by atoms with Gasteiger partial charge in [-0.1, -0.05) is 18.2 Å². The Morgan fingerprint density at radius 1 is 1.04 bits per heavy atom. The molecular formula is C20H22N5O3+. The molecule has 8 heteroatoms. The molecule has 0 saturated carbocycles. The number of hydrogen-bond donors (Lipinski definition) is 1. The van der Waals surface area contributed by atoms with Crippen LogP contribution in [0.2, 0.25) is 0 Å². The fourth-order valence-electron chi connectivity index (χ4n) is 3.00. The Morgan fingerprint density at radius 2 is 1.75 bits per heavy atom. The van der Waals surface area contributed by atoms with E-state index < -0.39 is 0 Å². The van der Waals surface area contributed by atoms with Crippen molar-refractivity contribution in [2.24, 2.45) is 10.2 Å². The van der Waals surface area contributed by atoms with Crippen LogP contribution in [0.1, 0.15) is 6.92 Å². The third kappa shape index (κ3) is 4.30. The highest BCUT2D eigenvalue weighted by Gasteiger charge is 2.13. The van der Waals surface area contributed by atoms with Crippen molar-refractivity contribution in [1.82, 2.24) is 0 Å². The number of nitro groups is 1. The van der Waals surface area contributed by atoms with E-state index in [1.807, 2.05) is 36.4 Å². The molecule has 0 radical (unpaired) electrons. The summed E-state index contributed by atoms with van der Waals surface area (Å²) in [7, 11) is 0. The van der Waals surface area contributed by atoms with Crippen LogP contribution in [-0.4, -0.2) is 24.6 Å². The van der Waals surface area contributed by atoms with Crippen molar-refractivity contribution in [2.45, 2.75) is 6.92 Å². The molecule has 28 heavy (non-hydrogen) atoms. The zero-order chi connectivity index (χ0) is 19.9. The fraction of sp³-hybridized carbons (Fsp3) is 0.200. The van der Waals surface area contributed by atoms with Crippen LogP contribution >= 0.6 is 0 Å².